The summed E-state index contributed by atoms with van der Waals surface area (Å²) in [6.45, 7) is 1.94. The minimum Gasteiger partial charge on any atom is -0.368 e. The lowest BCUT2D eigenvalue weighted by molar-refractivity contribution is 0.721. The van der Waals surface area contributed by atoms with Gasteiger partial charge in [0.05, 0.1) is 16.2 Å². The predicted octanol–water partition coefficient (Wildman–Crippen LogP) is 1.62. The molecule has 130 valence electrons. The number of nitrogen functional groups attached to an aromatic ring is 1. The van der Waals surface area contributed by atoms with E-state index in [0.717, 1.165) is 0 Å². The average molecular weight is 357 g/mol. The molecule has 0 unspecified atom stereocenters. The molecule has 25 heavy (non-hydrogen) atoms. The van der Waals surface area contributed by atoms with E-state index in [1.807, 2.05) is 39.2 Å². The molecule has 0 bridgehead atoms. The van der Waals surface area contributed by atoms with E-state index in [4.69, 9.17) is 5.73 Å². The van der Waals surface area contributed by atoms with E-state index < -0.39 is 0 Å². The second-order valence-electron chi connectivity index (χ2n) is 5.78. The van der Waals surface area contributed by atoms with Crippen molar-refractivity contribution in [3.05, 3.63) is 40.4 Å². The third-order valence-electron chi connectivity index (χ3n) is 3.65. The normalized spacial score (nSPS) is 12.3. The Balaban J connectivity index is 1.99. The quantitative estimate of drug-likeness (QED) is 0.555. The number of benzene rings is 1. The summed E-state index contributed by atoms with van der Waals surface area (Å²) < 4.78 is 1.54. The van der Waals surface area contributed by atoms with E-state index >= 15 is 0 Å². The van der Waals surface area contributed by atoms with Gasteiger partial charge in [-0.3, -0.25) is 9.36 Å². The summed E-state index contributed by atoms with van der Waals surface area (Å²) in [5.74, 6) is 1.21. The fourth-order valence-electron chi connectivity index (χ4n) is 2.29. The highest BCUT2D eigenvalue weighted by Gasteiger charge is 2.18. The molecule has 9 heteroatoms. The molecule has 0 aliphatic rings. The first-order valence-electron chi connectivity index (χ1n) is 7.68. The zero-order chi connectivity index (χ0) is 18.1. The lowest BCUT2D eigenvalue weighted by Crippen LogP contribution is -2.20. The Bertz CT molecular complexity index is 986. The number of nitrogens with two attached hydrogens (primary N) is 1. The topological polar surface area (TPSA) is 103 Å². The second kappa shape index (κ2) is 6.67. The highest BCUT2D eigenvalue weighted by atomic mass is 32.2. The van der Waals surface area contributed by atoms with Gasteiger partial charge in [0, 0.05) is 21.1 Å². The molecule has 0 saturated carbocycles. The Morgan fingerprint density at radius 2 is 1.88 bits per heavy atom. The van der Waals surface area contributed by atoms with Crippen LogP contribution < -0.4 is 16.2 Å². The molecule has 0 saturated heterocycles. The molecular formula is C16H19N7OS. The van der Waals surface area contributed by atoms with Gasteiger partial charge in [0.25, 0.3) is 5.56 Å². The van der Waals surface area contributed by atoms with E-state index in [-0.39, 0.29) is 16.8 Å². The van der Waals surface area contributed by atoms with Gasteiger partial charge in [-0.1, -0.05) is 23.9 Å². The van der Waals surface area contributed by atoms with Crippen LogP contribution in [0.1, 0.15) is 18.0 Å². The summed E-state index contributed by atoms with van der Waals surface area (Å²) in [4.78, 5) is 31.6. The molecule has 2 N–H and O–H groups in total. The standard InChI is InChI=1S/C16H19N7OS/c1-9(12-19-14(17)21-15(20-12)22(2)3)25-16-18-11-8-6-5-7-10(11)13(24)23(16)4/h5-9H,1-4H3,(H2,17,19,20,21)/t9-/m0/s1. The van der Waals surface area contributed by atoms with Crippen LogP contribution in [-0.2, 0) is 7.05 Å². The summed E-state index contributed by atoms with van der Waals surface area (Å²) in [5.41, 5.74) is 6.38. The summed E-state index contributed by atoms with van der Waals surface area (Å²) in [5, 5.41) is 1.05. The van der Waals surface area contributed by atoms with Gasteiger partial charge in [0.2, 0.25) is 11.9 Å². The number of para-hydroxylation sites is 1. The monoisotopic (exact) mass is 357 g/mol. The minimum absolute atomic E-state index is 0.0792. The van der Waals surface area contributed by atoms with E-state index in [2.05, 4.69) is 19.9 Å². The van der Waals surface area contributed by atoms with Crippen molar-refractivity contribution in [2.45, 2.75) is 17.3 Å². The first kappa shape index (κ1) is 17.2. The number of nitrogens with zero attached hydrogens (tertiary/aromatic N) is 6. The van der Waals surface area contributed by atoms with Gasteiger partial charge in [-0.15, -0.1) is 0 Å². The largest absolute Gasteiger partial charge is 0.368 e. The number of hydrogen-bond donors (Lipinski definition) is 1. The van der Waals surface area contributed by atoms with Crippen LogP contribution in [0.2, 0.25) is 0 Å². The van der Waals surface area contributed by atoms with Crippen LogP contribution in [0.4, 0.5) is 11.9 Å². The molecule has 2 aromatic heterocycles. The maximum absolute atomic E-state index is 12.5. The van der Waals surface area contributed by atoms with Crippen LogP contribution in [0.25, 0.3) is 10.9 Å². The van der Waals surface area contributed by atoms with Gasteiger partial charge < -0.3 is 10.6 Å². The third-order valence-corrected chi connectivity index (χ3v) is 4.79. The zero-order valence-electron chi connectivity index (χ0n) is 14.5. The van der Waals surface area contributed by atoms with Gasteiger partial charge in [0.15, 0.2) is 5.16 Å². The van der Waals surface area contributed by atoms with Gasteiger partial charge in [-0.05, 0) is 19.1 Å². The number of thioether (sulfide) groups is 1. The fraction of sp³-hybridized carbons (Fsp3) is 0.312. The van der Waals surface area contributed by atoms with Crippen LogP contribution in [0, 0.1) is 0 Å². The Morgan fingerprint density at radius 1 is 1.16 bits per heavy atom. The van der Waals surface area contributed by atoms with E-state index in [1.165, 1.54) is 11.8 Å². The molecular weight excluding hydrogens is 338 g/mol. The van der Waals surface area contributed by atoms with Crippen molar-refractivity contribution < 1.29 is 0 Å². The summed E-state index contributed by atoms with van der Waals surface area (Å²) >= 11 is 1.41. The van der Waals surface area contributed by atoms with Crippen LogP contribution in [-0.4, -0.2) is 38.6 Å². The molecule has 0 amide bonds. The van der Waals surface area contributed by atoms with Crippen LogP contribution in [0.3, 0.4) is 0 Å². The smallest absolute Gasteiger partial charge is 0.261 e. The molecule has 0 aliphatic heterocycles. The van der Waals surface area contributed by atoms with E-state index in [9.17, 15) is 4.79 Å². The maximum Gasteiger partial charge on any atom is 0.261 e. The van der Waals surface area contributed by atoms with Crippen molar-refractivity contribution in [3.63, 3.8) is 0 Å². The number of fused-ring (bicyclic) bond motifs is 1. The lowest BCUT2D eigenvalue weighted by atomic mass is 10.2. The van der Waals surface area contributed by atoms with Crippen LogP contribution in [0.5, 0.6) is 0 Å². The summed E-state index contributed by atoms with van der Waals surface area (Å²) in [6, 6.07) is 7.30. The molecule has 3 rings (SSSR count). The zero-order valence-corrected chi connectivity index (χ0v) is 15.3. The van der Waals surface area contributed by atoms with Crippen molar-refractivity contribution in [1.29, 1.82) is 0 Å². The van der Waals surface area contributed by atoms with Crippen molar-refractivity contribution in [3.8, 4) is 0 Å². The number of aromatic nitrogens is 5. The summed E-state index contributed by atoms with van der Waals surface area (Å²) in [6.07, 6.45) is 0. The van der Waals surface area contributed by atoms with Gasteiger partial charge in [0.1, 0.15) is 5.82 Å². The van der Waals surface area contributed by atoms with E-state index in [0.29, 0.717) is 27.8 Å². The number of rotatable bonds is 4. The molecule has 0 fully saturated rings. The van der Waals surface area contributed by atoms with Gasteiger partial charge in [-0.25, -0.2) is 4.98 Å². The lowest BCUT2D eigenvalue weighted by Gasteiger charge is -2.15. The Morgan fingerprint density at radius 3 is 2.60 bits per heavy atom. The van der Waals surface area contributed by atoms with Crippen LogP contribution in [0.15, 0.2) is 34.2 Å². The van der Waals surface area contributed by atoms with Crippen molar-refractivity contribution >= 4 is 34.6 Å². The fourth-order valence-corrected chi connectivity index (χ4v) is 3.21. The molecule has 0 aliphatic carbocycles. The Hall–Kier alpha value is -2.68. The minimum atomic E-state index is -0.150. The molecule has 1 atom stereocenters. The average Bonchev–Trinajstić information content (AvgIpc) is 2.58. The predicted molar refractivity (Wildman–Crippen MR) is 99.8 cm³/mol. The van der Waals surface area contributed by atoms with Crippen molar-refractivity contribution in [2.75, 3.05) is 24.7 Å². The first-order valence-corrected chi connectivity index (χ1v) is 8.56. The van der Waals surface area contributed by atoms with Gasteiger partial charge in [-0.2, -0.15) is 15.0 Å². The van der Waals surface area contributed by atoms with E-state index in [1.54, 1.807) is 22.6 Å². The Kier molecular flexibility index (Phi) is 4.58. The highest BCUT2D eigenvalue weighted by molar-refractivity contribution is 7.99. The molecule has 2 heterocycles. The third kappa shape index (κ3) is 3.41. The molecule has 0 spiro atoms. The van der Waals surface area contributed by atoms with Crippen LogP contribution >= 0.6 is 11.8 Å². The van der Waals surface area contributed by atoms with Crippen molar-refractivity contribution in [1.82, 2.24) is 24.5 Å². The van der Waals surface area contributed by atoms with Gasteiger partial charge >= 0.3 is 0 Å². The number of anilines is 2. The maximum atomic E-state index is 12.5. The first-order chi connectivity index (χ1) is 11.9. The number of hydrogen-bond acceptors (Lipinski definition) is 8. The highest BCUT2D eigenvalue weighted by Crippen LogP contribution is 2.32. The molecule has 8 nitrogen and oxygen atoms in total. The van der Waals surface area contributed by atoms with Crippen molar-refractivity contribution in [2.24, 2.45) is 7.05 Å². The molecule has 3 aromatic rings. The molecule has 1 aromatic carbocycles. The second-order valence-corrected chi connectivity index (χ2v) is 7.09. The SMILES string of the molecule is C[C@H](Sc1nc2ccccc2c(=O)n1C)c1nc(N)nc(N(C)C)n1. The summed E-state index contributed by atoms with van der Waals surface area (Å²) in [7, 11) is 5.39. The Labute approximate surface area is 149 Å². The molecule has 0 radical (unpaired) electrons.